The summed E-state index contributed by atoms with van der Waals surface area (Å²) in [5.74, 6) is 1.14. The number of halogens is 1. The van der Waals surface area contributed by atoms with Crippen LogP contribution in [0.1, 0.15) is 15.9 Å². The zero-order valence-electron chi connectivity index (χ0n) is 20.7. The summed E-state index contributed by atoms with van der Waals surface area (Å²) in [5, 5.41) is 0. The summed E-state index contributed by atoms with van der Waals surface area (Å²) >= 11 is 0. The average molecular weight is 488 g/mol. The van der Waals surface area contributed by atoms with Crippen LogP contribution < -0.4 is 14.2 Å². The zero-order chi connectivity index (χ0) is 24.8. The molecule has 2 aromatic rings. The van der Waals surface area contributed by atoms with Gasteiger partial charge in [-0.25, -0.2) is 4.39 Å². The molecular formula is C26H34FN3O5. The van der Waals surface area contributed by atoms with Crippen LogP contribution in [0.4, 0.5) is 4.39 Å². The Labute approximate surface area is 206 Å². The molecule has 0 aliphatic carbocycles. The second kappa shape index (κ2) is 11.7. The molecule has 0 unspecified atom stereocenters. The molecule has 2 saturated heterocycles. The fourth-order valence-electron chi connectivity index (χ4n) is 4.74. The lowest BCUT2D eigenvalue weighted by molar-refractivity contribution is -0.0497. The molecule has 2 heterocycles. The van der Waals surface area contributed by atoms with E-state index in [9.17, 15) is 9.18 Å². The van der Waals surface area contributed by atoms with Crippen LogP contribution in [0, 0.1) is 5.82 Å². The largest absolute Gasteiger partial charge is 0.493 e. The molecule has 1 atom stereocenters. The number of benzene rings is 2. The second-order valence-electron chi connectivity index (χ2n) is 8.86. The van der Waals surface area contributed by atoms with E-state index in [1.54, 1.807) is 24.3 Å². The number of carbonyl (C=O) groups excluding carboxylic acids is 1. The van der Waals surface area contributed by atoms with Crippen molar-refractivity contribution in [2.75, 3.05) is 73.7 Å². The Hall–Kier alpha value is -2.88. The molecule has 0 radical (unpaired) electrons. The quantitative estimate of drug-likeness (QED) is 0.567. The van der Waals surface area contributed by atoms with Gasteiger partial charge in [-0.2, -0.15) is 0 Å². The number of piperazine rings is 1. The highest BCUT2D eigenvalue weighted by Crippen LogP contribution is 2.38. The molecule has 0 saturated carbocycles. The van der Waals surface area contributed by atoms with Crippen molar-refractivity contribution < 1.29 is 28.1 Å². The molecule has 2 aromatic carbocycles. The van der Waals surface area contributed by atoms with E-state index >= 15 is 0 Å². The fraction of sp³-hybridized carbons (Fsp3) is 0.500. The third-order valence-electron chi connectivity index (χ3n) is 6.55. The lowest BCUT2D eigenvalue weighted by Crippen LogP contribution is -2.53. The maximum atomic E-state index is 13.5. The molecule has 8 nitrogen and oxygen atoms in total. The minimum atomic E-state index is -0.203. The second-order valence-corrected chi connectivity index (χ2v) is 8.86. The highest BCUT2D eigenvalue weighted by atomic mass is 19.1. The molecule has 2 aliphatic rings. The van der Waals surface area contributed by atoms with E-state index in [4.69, 9.17) is 18.9 Å². The lowest BCUT2D eigenvalue weighted by Gasteiger charge is -2.39. The molecule has 0 spiro atoms. The van der Waals surface area contributed by atoms with Gasteiger partial charge in [-0.3, -0.25) is 14.6 Å². The molecule has 0 bridgehead atoms. The van der Waals surface area contributed by atoms with Crippen LogP contribution in [0.15, 0.2) is 36.4 Å². The van der Waals surface area contributed by atoms with Gasteiger partial charge in [0.2, 0.25) is 5.75 Å². The number of carbonyl (C=O) groups is 1. The van der Waals surface area contributed by atoms with Crippen LogP contribution in [0.25, 0.3) is 0 Å². The van der Waals surface area contributed by atoms with Crippen molar-refractivity contribution in [2.24, 2.45) is 0 Å². The molecule has 35 heavy (non-hydrogen) atoms. The highest BCUT2D eigenvalue weighted by molar-refractivity contribution is 5.95. The van der Waals surface area contributed by atoms with Crippen molar-refractivity contribution >= 4 is 5.91 Å². The number of nitrogens with zero attached hydrogens (tertiary/aromatic N) is 3. The Kier molecular flexibility index (Phi) is 8.43. The van der Waals surface area contributed by atoms with Crippen LogP contribution in [0.5, 0.6) is 17.2 Å². The molecule has 190 valence electrons. The summed E-state index contributed by atoms with van der Waals surface area (Å²) in [5.41, 5.74) is 1.49. The number of hydrogen-bond acceptors (Lipinski definition) is 7. The van der Waals surface area contributed by atoms with Gasteiger partial charge in [-0.15, -0.1) is 0 Å². The number of methoxy groups -OCH3 is 3. The highest BCUT2D eigenvalue weighted by Gasteiger charge is 2.28. The number of morpholine rings is 1. The Morgan fingerprint density at radius 2 is 1.69 bits per heavy atom. The van der Waals surface area contributed by atoms with Crippen molar-refractivity contribution in [2.45, 2.75) is 12.6 Å². The Balaban J connectivity index is 1.30. The Morgan fingerprint density at radius 3 is 2.31 bits per heavy atom. The van der Waals surface area contributed by atoms with Gasteiger partial charge in [-0.05, 0) is 29.8 Å². The summed E-state index contributed by atoms with van der Waals surface area (Å²) in [4.78, 5) is 19.7. The zero-order valence-corrected chi connectivity index (χ0v) is 20.7. The van der Waals surface area contributed by atoms with Crippen LogP contribution >= 0.6 is 0 Å². The summed E-state index contributed by atoms with van der Waals surface area (Å²) in [6.07, 6.45) is 0.0923. The van der Waals surface area contributed by atoms with Gasteiger partial charge in [0, 0.05) is 57.9 Å². The van der Waals surface area contributed by atoms with Crippen molar-refractivity contribution in [3.63, 3.8) is 0 Å². The first-order valence-corrected chi connectivity index (χ1v) is 11.9. The third kappa shape index (κ3) is 6.22. The van der Waals surface area contributed by atoms with Gasteiger partial charge in [0.25, 0.3) is 5.91 Å². The van der Waals surface area contributed by atoms with E-state index in [0.29, 0.717) is 49.1 Å². The maximum Gasteiger partial charge on any atom is 0.254 e. The predicted octanol–water partition coefficient (Wildman–Crippen LogP) is 2.51. The minimum Gasteiger partial charge on any atom is -0.493 e. The summed E-state index contributed by atoms with van der Waals surface area (Å²) in [6, 6.07) is 10.2. The average Bonchev–Trinajstić information content (AvgIpc) is 2.88. The maximum absolute atomic E-state index is 13.5. The molecule has 2 fully saturated rings. The minimum absolute atomic E-state index is 0.0564. The number of ether oxygens (including phenoxy) is 4. The Bertz CT molecular complexity index is 987. The monoisotopic (exact) mass is 487 g/mol. The molecule has 2 aliphatic heterocycles. The van der Waals surface area contributed by atoms with E-state index < -0.39 is 0 Å². The van der Waals surface area contributed by atoms with Crippen molar-refractivity contribution in [1.29, 1.82) is 0 Å². The summed E-state index contributed by atoms with van der Waals surface area (Å²) in [6.45, 7) is 6.66. The van der Waals surface area contributed by atoms with Crippen molar-refractivity contribution in [3.05, 3.63) is 53.3 Å². The topological polar surface area (TPSA) is 63.7 Å². The number of rotatable bonds is 8. The van der Waals surface area contributed by atoms with Gasteiger partial charge in [0.15, 0.2) is 11.5 Å². The van der Waals surface area contributed by atoms with E-state index in [2.05, 4.69) is 9.80 Å². The standard InChI is InChI=1S/C26H34FN3O5/c1-32-23-14-20(15-24(33-2)25(23)34-3)26(31)30-9-7-28(8-10-30)17-22-18-29(11-12-35-22)16-19-5-4-6-21(27)13-19/h4-6,13-15,22H,7-12,16-18H2,1-3H3/t22-/m0/s1. The first-order valence-electron chi connectivity index (χ1n) is 11.9. The summed E-state index contributed by atoms with van der Waals surface area (Å²) < 4.78 is 35.7. The number of amides is 1. The third-order valence-corrected chi connectivity index (χ3v) is 6.55. The van der Waals surface area contributed by atoms with Gasteiger partial charge in [-0.1, -0.05) is 12.1 Å². The van der Waals surface area contributed by atoms with Crippen LogP contribution in [-0.2, 0) is 11.3 Å². The molecule has 0 N–H and O–H groups in total. The SMILES string of the molecule is COc1cc(C(=O)N2CCN(C[C@H]3CN(Cc4cccc(F)c4)CCO3)CC2)cc(OC)c1OC. The normalized spacial score (nSPS) is 19.4. The van der Waals surface area contributed by atoms with E-state index in [1.807, 2.05) is 11.0 Å². The van der Waals surface area contributed by atoms with Crippen LogP contribution in [0.2, 0.25) is 0 Å². The van der Waals surface area contributed by atoms with Gasteiger partial charge >= 0.3 is 0 Å². The van der Waals surface area contributed by atoms with Crippen molar-refractivity contribution in [1.82, 2.24) is 14.7 Å². The van der Waals surface area contributed by atoms with E-state index in [1.165, 1.54) is 27.4 Å². The number of hydrogen-bond donors (Lipinski definition) is 0. The molecule has 9 heteroatoms. The van der Waals surface area contributed by atoms with E-state index in [0.717, 1.165) is 38.3 Å². The smallest absolute Gasteiger partial charge is 0.254 e. The van der Waals surface area contributed by atoms with Crippen molar-refractivity contribution in [3.8, 4) is 17.2 Å². The Morgan fingerprint density at radius 1 is 0.971 bits per heavy atom. The van der Waals surface area contributed by atoms with Crippen LogP contribution in [-0.4, -0.2) is 100 Å². The van der Waals surface area contributed by atoms with Gasteiger partial charge < -0.3 is 23.8 Å². The molecular weight excluding hydrogens is 453 g/mol. The molecule has 1 amide bonds. The fourth-order valence-corrected chi connectivity index (χ4v) is 4.74. The van der Waals surface area contributed by atoms with Crippen LogP contribution in [0.3, 0.4) is 0 Å². The first kappa shape index (κ1) is 25.2. The van der Waals surface area contributed by atoms with Gasteiger partial charge in [0.1, 0.15) is 5.82 Å². The predicted molar refractivity (Wildman–Crippen MR) is 130 cm³/mol. The lowest BCUT2D eigenvalue weighted by atomic mass is 10.1. The summed E-state index contributed by atoms with van der Waals surface area (Å²) in [7, 11) is 4.62. The van der Waals surface area contributed by atoms with E-state index in [-0.39, 0.29) is 17.8 Å². The molecule has 0 aromatic heterocycles. The van der Waals surface area contributed by atoms with Gasteiger partial charge in [0.05, 0.1) is 34.0 Å². The first-order chi connectivity index (χ1) is 17.0. The molecule has 4 rings (SSSR count).